The molecule has 52 valence electrons. The lowest BCUT2D eigenvalue weighted by Gasteiger charge is -2.16. The van der Waals surface area contributed by atoms with Crippen LogP contribution < -0.4 is 5.73 Å². The van der Waals surface area contributed by atoms with Crippen molar-refractivity contribution in [1.82, 2.24) is 0 Å². The topological polar surface area (TPSA) is 63.3 Å². The highest BCUT2D eigenvalue weighted by Gasteiger charge is 2.27. The van der Waals surface area contributed by atoms with E-state index in [1.54, 1.807) is 6.92 Å². The summed E-state index contributed by atoms with van der Waals surface area (Å²) in [5.41, 5.74) is 4.09. The van der Waals surface area contributed by atoms with Gasteiger partial charge in [0.05, 0.1) is 0 Å². The summed E-state index contributed by atoms with van der Waals surface area (Å²) < 4.78 is 0. The first-order valence-corrected chi connectivity index (χ1v) is 2.72. The van der Waals surface area contributed by atoms with Crippen molar-refractivity contribution in [3.05, 3.63) is 12.7 Å². The summed E-state index contributed by atoms with van der Waals surface area (Å²) in [5, 5.41) is 8.44. The van der Waals surface area contributed by atoms with E-state index in [9.17, 15) is 4.79 Å². The van der Waals surface area contributed by atoms with Gasteiger partial charge in [-0.2, -0.15) is 0 Å². The molecule has 0 fully saturated rings. The second-order valence-electron chi connectivity index (χ2n) is 1.90. The fourth-order valence-electron chi connectivity index (χ4n) is 0.383. The van der Waals surface area contributed by atoms with Crippen molar-refractivity contribution in [1.29, 1.82) is 0 Å². The molecule has 0 aromatic rings. The molecule has 0 unspecified atom stereocenters. The molecule has 0 heterocycles. The zero-order valence-electron chi connectivity index (χ0n) is 5.42. The number of carboxylic acids is 1. The van der Waals surface area contributed by atoms with Crippen LogP contribution in [0.3, 0.4) is 0 Å². The van der Waals surface area contributed by atoms with E-state index in [1.807, 2.05) is 0 Å². The predicted octanol–water partition coefficient (Wildman–Crippen LogP) is 0.364. The number of nitrogens with two attached hydrogens (primary N) is 1. The van der Waals surface area contributed by atoms with E-state index in [0.717, 1.165) is 0 Å². The van der Waals surface area contributed by atoms with Gasteiger partial charge in [-0.3, -0.25) is 0 Å². The van der Waals surface area contributed by atoms with Crippen LogP contribution in [-0.4, -0.2) is 16.6 Å². The van der Waals surface area contributed by atoms with Crippen LogP contribution in [0.4, 0.5) is 0 Å². The molecule has 0 saturated carbocycles. The van der Waals surface area contributed by atoms with Crippen LogP contribution in [-0.2, 0) is 4.79 Å². The Morgan fingerprint density at radius 3 is 2.44 bits per heavy atom. The number of carboxylic acid groups (broad SMARTS) is 1. The fraction of sp³-hybridized carbons (Fsp3) is 0.500. The summed E-state index contributed by atoms with van der Waals surface area (Å²) in [7, 11) is 0. The van der Waals surface area contributed by atoms with E-state index in [-0.39, 0.29) is 0 Å². The molecule has 0 aliphatic heterocycles. The largest absolute Gasteiger partial charge is 0.480 e. The Bertz CT molecular complexity index is 133. The molecular formula is C6H11NO2. The number of carbonyl (C=O) groups is 1. The van der Waals surface area contributed by atoms with E-state index >= 15 is 0 Å². The third-order valence-electron chi connectivity index (χ3n) is 1.35. The Balaban J connectivity index is 4.27. The maximum atomic E-state index is 10.3. The molecule has 3 N–H and O–H groups in total. The van der Waals surface area contributed by atoms with E-state index < -0.39 is 11.5 Å². The Hall–Kier alpha value is -0.830. The maximum absolute atomic E-state index is 10.3. The average molecular weight is 129 g/mol. The molecular weight excluding hydrogens is 118 g/mol. The van der Waals surface area contributed by atoms with Crippen LogP contribution in [0.5, 0.6) is 0 Å². The highest BCUT2D eigenvalue weighted by molar-refractivity contribution is 5.80. The summed E-state index contributed by atoms with van der Waals surface area (Å²) in [6, 6.07) is 0. The first-order chi connectivity index (χ1) is 4.06. The van der Waals surface area contributed by atoms with Crippen molar-refractivity contribution in [3.63, 3.8) is 0 Å². The van der Waals surface area contributed by atoms with Crippen LogP contribution in [0.1, 0.15) is 13.3 Å². The van der Waals surface area contributed by atoms with Gasteiger partial charge in [0.1, 0.15) is 5.54 Å². The normalized spacial score (nSPS) is 16.2. The zero-order chi connectivity index (χ0) is 7.49. The van der Waals surface area contributed by atoms with Crippen molar-refractivity contribution in [2.75, 3.05) is 0 Å². The molecule has 0 rings (SSSR count). The summed E-state index contributed by atoms with van der Waals surface area (Å²) in [5.74, 6) is -1.03. The zero-order valence-corrected chi connectivity index (χ0v) is 5.42. The fourth-order valence-corrected chi connectivity index (χ4v) is 0.383. The molecule has 0 aromatic heterocycles. The van der Waals surface area contributed by atoms with Gasteiger partial charge in [0.25, 0.3) is 0 Å². The molecule has 0 saturated heterocycles. The molecule has 3 heteroatoms. The van der Waals surface area contributed by atoms with Crippen molar-refractivity contribution < 1.29 is 9.90 Å². The second kappa shape index (κ2) is 2.64. The Morgan fingerprint density at radius 1 is 2.00 bits per heavy atom. The van der Waals surface area contributed by atoms with E-state index in [2.05, 4.69) is 6.58 Å². The van der Waals surface area contributed by atoms with Gasteiger partial charge in [-0.25, -0.2) is 4.79 Å². The first kappa shape index (κ1) is 8.17. The average Bonchev–Trinajstić information content (AvgIpc) is 1.86. The Kier molecular flexibility index (Phi) is 2.40. The highest BCUT2D eigenvalue weighted by Crippen LogP contribution is 2.06. The second-order valence-corrected chi connectivity index (χ2v) is 1.90. The summed E-state index contributed by atoms with van der Waals surface area (Å²) in [6.45, 7) is 5.02. The molecule has 1 atom stereocenters. The highest BCUT2D eigenvalue weighted by atomic mass is 16.4. The van der Waals surface area contributed by atoms with Gasteiger partial charge in [0.2, 0.25) is 0 Å². The van der Waals surface area contributed by atoms with E-state index in [0.29, 0.717) is 6.42 Å². The van der Waals surface area contributed by atoms with E-state index in [4.69, 9.17) is 10.8 Å². The number of aliphatic carboxylic acids is 1. The van der Waals surface area contributed by atoms with Crippen molar-refractivity contribution in [3.8, 4) is 0 Å². The van der Waals surface area contributed by atoms with Gasteiger partial charge >= 0.3 is 5.97 Å². The molecule has 0 radical (unpaired) electrons. The lowest BCUT2D eigenvalue weighted by atomic mass is 9.99. The Morgan fingerprint density at radius 2 is 2.44 bits per heavy atom. The molecule has 3 nitrogen and oxygen atoms in total. The minimum absolute atomic E-state index is 0.367. The number of rotatable bonds is 3. The monoisotopic (exact) mass is 129 g/mol. The molecule has 0 amide bonds. The molecule has 0 spiro atoms. The van der Waals surface area contributed by atoms with Gasteiger partial charge in [-0.05, 0) is 6.42 Å². The maximum Gasteiger partial charge on any atom is 0.327 e. The third kappa shape index (κ3) is 1.54. The SMILES string of the molecule is C=C[C@@](N)(CC)C(=O)O. The first-order valence-electron chi connectivity index (χ1n) is 2.72. The number of hydrogen-bond acceptors (Lipinski definition) is 2. The minimum Gasteiger partial charge on any atom is -0.480 e. The van der Waals surface area contributed by atoms with Crippen LogP contribution >= 0.6 is 0 Å². The van der Waals surface area contributed by atoms with E-state index in [1.165, 1.54) is 6.08 Å². The minimum atomic E-state index is -1.24. The van der Waals surface area contributed by atoms with Crippen molar-refractivity contribution in [2.24, 2.45) is 5.73 Å². The van der Waals surface area contributed by atoms with Crippen LogP contribution in [0, 0.1) is 0 Å². The summed E-state index contributed by atoms with van der Waals surface area (Å²) in [6.07, 6.45) is 1.61. The lowest BCUT2D eigenvalue weighted by Crippen LogP contribution is -2.45. The molecule has 9 heavy (non-hydrogen) atoms. The third-order valence-corrected chi connectivity index (χ3v) is 1.35. The van der Waals surface area contributed by atoms with Crippen LogP contribution in [0.2, 0.25) is 0 Å². The summed E-state index contributed by atoms with van der Waals surface area (Å²) in [4.78, 5) is 10.3. The van der Waals surface area contributed by atoms with Crippen molar-refractivity contribution >= 4 is 5.97 Å². The van der Waals surface area contributed by atoms with Gasteiger partial charge in [0.15, 0.2) is 0 Å². The Labute approximate surface area is 54.2 Å². The quantitative estimate of drug-likeness (QED) is 0.541. The van der Waals surface area contributed by atoms with Crippen LogP contribution in [0.25, 0.3) is 0 Å². The summed E-state index contributed by atoms with van der Waals surface area (Å²) >= 11 is 0. The van der Waals surface area contributed by atoms with Crippen molar-refractivity contribution in [2.45, 2.75) is 18.9 Å². The number of hydrogen-bond donors (Lipinski definition) is 2. The smallest absolute Gasteiger partial charge is 0.327 e. The predicted molar refractivity (Wildman–Crippen MR) is 35.0 cm³/mol. The standard InChI is InChI=1S/C6H11NO2/c1-3-6(7,4-2)5(8)9/h3H,1,4,7H2,2H3,(H,8,9)/t6-/m1/s1. The van der Waals surface area contributed by atoms with Crippen LogP contribution in [0.15, 0.2) is 12.7 Å². The molecule has 0 aliphatic carbocycles. The van der Waals surface area contributed by atoms with Gasteiger partial charge < -0.3 is 10.8 Å². The van der Waals surface area contributed by atoms with Gasteiger partial charge in [0, 0.05) is 0 Å². The molecule has 0 aromatic carbocycles. The molecule has 0 aliphatic rings. The van der Waals surface area contributed by atoms with Gasteiger partial charge in [-0.1, -0.05) is 13.0 Å². The molecule has 0 bridgehead atoms. The lowest BCUT2D eigenvalue weighted by molar-refractivity contribution is -0.141. The van der Waals surface area contributed by atoms with Gasteiger partial charge in [-0.15, -0.1) is 6.58 Å².